The van der Waals surface area contributed by atoms with Crippen LogP contribution in [0.3, 0.4) is 0 Å². The summed E-state index contributed by atoms with van der Waals surface area (Å²) in [5, 5.41) is 0.855. The molecule has 0 aromatic carbocycles. The number of nitrogens with one attached hydrogen (secondary N) is 1. The molecule has 1 aliphatic rings. The van der Waals surface area contributed by atoms with Crippen molar-refractivity contribution in [3.63, 3.8) is 0 Å². The van der Waals surface area contributed by atoms with Gasteiger partial charge in [-0.3, -0.25) is 0 Å². The second kappa shape index (κ2) is 5.91. The number of sulfone groups is 1. The SMILES string of the molecule is CN(c1ncnc2[nH]ccc12)C1CC(CS(=O)(=O)CC(F)(F)F)C1. The molecule has 0 saturated heterocycles. The van der Waals surface area contributed by atoms with Crippen molar-refractivity contribution in [1.82, 2.24) is 15.0 Å². The second-order valence-electron chi connectivity index (χ2n) is 6.21. The average Bonchev–Trinajstić information content (AvgIpc) is 2.87. The molecule has 1 saturated carbocycles. The summed E-state index contributed by atoms with van der Waals surface area (Å²) in [5.41, 5.74) is 0.704. The van der Waals surface area contributed by atoms with Crippen LogP contribution in [0.25, 0.3) is 11.0 Å². The van der Waals surface area contributed by atoms with Crippen LogP contribution in [-0.4, -0.2) is 54.1 Å². The minimum absolute atomic E-state index is 0.0593. The zero-order valence-corrected chi connectivity index (χ0v) is 13.7. The summed E-state index contributed by atoms with van der Waals surface area (Å²) in [7, 11) is -2.27. The minimum atomic E-state index is -4.68. The summed E-state index contributed by atoms with van der Waals surface area (Å²) in [4.78, 5) is 13.3. The monoisotopic (exact) mass is 362 g/mol. The lowest BCUT2D eigenvalue weighted by atomic mass is 9.81. The third-order valence-electron chi connectivity index (χ3n) is 4.30. The van der Waals surface area contributed by atoms with E-state index in [1.54, 1.807) is 6.20 Å². The van der Waals surface area contributed by atoms with E-state index >= 15 is 0 Å². The number of H-pyrrole nitrogens is 1. The van der Waals surface area contributed by atoms with Crippen molar-refractivity contribution in [3.05, 3.63) is 18.6 Å². The number of aromatic amines is 1. The van der Waals surface area contributed by atoms with Crippen molar-refractivity contribution in [2.24, 2.45) is 5.92 Å². The molecule has 0 aliphatic heterocycles. The van der Waals surface area contributed by atoms with Crippen LogP contribution in [0.2, 0.25) is 0 Å². The fourth-order valence-electron chi connectivity index (χ4n) is 3.13. The third-order valence-corrected chi connectivity index (χ3v) is 6.05. The first-order valence-corrected chi connectivity index (χ1v) is 9.25. The maximum absolute atomic E-state index is 12.3. The summed E-state index contributed by atoms with van der Waals surface area (Å²) in [5.74, 6) is -1.68. The van der Waals surface area contributed by atoms with Crippen LogP contribution in [0.15, 0.2) is 18.6 Å². The summed E-state index contributed by atoms with van der Waals surface area (Å²) in [6, 6.07) is 1.91. The normalized spacial score (nSPS) is 21.7. The Balaban J connectivity index is 1.61. The summed E-state index contributed by atoms with van der Waals surface area (Å²) < 4.78 is 59.9. The molecule has 0 unspecified atom stereocenters. The first-order valence-electron chi connectivity index (χ1n) is 7.43. The molecule has 0 spiro atoms. The van der Waals surface area contributed by atoms with Crippen LogP contribution in [-0.2, 0) is 9.84 Å². The lowest BCUT2D eigenvalue weighted by Crippen LogP contribution is -2.45. The van der Waals surface area contributed by atoms with Gasteiger partial charge in [-0.05, 0) is 24.8 Å². The van der Waals surface area contributed by atoms with Gasteiger partial charge in [0, 0.05) is 19.3 Å². The number of hydrogen-bond donors (Lipinski definition) is 1. The van der Waals surface area contributed by atoms with Gasteiger partial charge in [-0.25, -0.2) is 18.4 Å². The van der Waals surface area contributed by atoms with E-state index in [-0.39, 0.29) is 12.0 Å². The van der Waals surface area contributed by atoms with E-state index in [4.69, 9.17) is 0 Å². The van der Waals surface area contributed by atoms with Crippen LogP contribution in [0.4, 0.5) is 19.0 Å². The molecule has 0 amide bonds. The molecule has 1 aliphatic carbocycles. The van der Waals surface area contributed by atoms with Crippen molar-refractivity contribution in [3.8, 4) is 0 Å². The maximum Gasteiger partial charge on any atom is 0.402 e. The summed E-state index contributed by atoms with van der Waals surface area (Å²) in [6.07, 6.45) is -0.425. The number of anilines is 1. The highest BCUT2D eigenvalue weighted by molar-refractivity contribution is 7.91. The largest absolute Gasteiger partial charge is 0.402 e. The van der Waals surface area contributed by atoms with E-state index in [2.05, 4.69) is 15.0 Å². The molecule has 2 aromatic heterocycles. The highest BCUT2D eigenvalue weighted by Gasteiger charge is 2.40. The van der Waals surface area contributed by atoms with Gasteiger partial charge < -0.3 is 9.88 Å². The maximum atomic E-state index is 12.3. The molecule has 1 N–H and O–H groups in total. The Morgan fingerprint density at radius 1 is 1.33 bits per heavy atom. The zero-order valence-electron chi connectivity index (χ0n) is 12.9. The van der Waals surface area contributed by atoms with Crippen LogP contribution in [0.1, 0.15) is 12.8 Å². The van der Waals surface area contributed by atoms with Crippen LogP contribution < -0.4 is 4.90 Å². The van der Waals surface area contributed by atoms with E-state index in [9.17, 15) is 21.6 Å². The van der Waals surface area contributed by atoms with Crippen molar-refractivity contribution in [2.75, 3.05) is 23.5 Å². The molecule has 0 radical (unpaired) electrons. The molecule has 2 aromatic rings. The standard InChI is InChI=1S/C14H17F3N4O2S/c1-21(13-11-2-3-18-12(11)19-8-20-13)10-4-9(5-10)6-24(22,23)7-14(15,16)17/h2-3,8-10H,4-7H2,1H3,(H,18,19,20). The lowest BCUT2D eigenvalue weighted by molar-refractivity contribution is -0.106. The number of nitrogens with zero attached hydrogens (tertiary/aromatic N) is 3. The van der Waals surface area contributed by atoms with Gasteiger partial charge in [0.1, 0.15) is 23.5 Å². The number of hydrogen-bond acceptors (Lipinski definition) is 5. The first kappa shape index (κ1) is 17.0. The Morgan fingerprint density at radius 2 is 2.04 bits per heavy atom. The van der Waals surface area contributed by atoms with E-state index in [1.165, 1.54) is 6.33 Å². The molecular formula is C14H17F3N4O2S. The molecular weight excluding hydrogens is 345 g/mol. The Morgan fingerprint density at radius 3 is 2.71 bits per heavy atom. The Kier molecular flexibility index (Phi) is 4.18. The Hall–Kier alpha value is -1.84. The number of rotatable bonds is 5. The van der Waals surface area contributed by atoms with Crippen LogP contribution in [0.5, 0.6) is 0 Å². The predicted molar refractivity (Wildman–Crippen MR) is 83.5 cm³/mol. The topological polar surface area (TPSA) is 79.0 Å². The average molecular weight is 362 g/mol. The van der Waals surface area contributed by atoms with Crippen molar-refractivity contribution in [2.45, 2.75) is 25.1 Å². The Labute approximate surface area is 137 Å². The highest BCUT2D eigenvalue weighted by atomic mass is 32.2. The zero-order chi connectivity index (χ0) is 17.5. The van der Waals surface area contributed by atoms with Gasteiger partial charge in [0.05, 0.1) is 11.1 Å². The molecule has 0 bridgehead atoms. The van der Waals surface area contributed by atoms with Gasteiger partial charge in [0.2, 0.25) is 0 Å². The second-order valence-corrected chi connectivity index (χ2v) is 8.32. The number of alkyl halides is 3. The van der Waals surface area contributed by atoms with Gasteiger partial charge in [0.25, 0.3) is 0 Å². The van der Waals surface area contributed by atoms with E-state index < -0.39 is 27.5 Å². The van der Waals surface area contributed by atoms with E-state index in [0.29, 0.717) is 18.5 Å². The number of fused-ring (bicyclic) bond motifs is 1. The molecule has 3 rings (SSSR count). The fourth-order valence-corrected chi connectivity index (χ4v) is 4.74. The highest BCUT2D eigenvalue weighted by Crippen LogP contribution is 2.36. The molecule has 6 nitrogen and oxygen atoms in total. The minimum Gasteiger partial charge on any atom is -0.356 e. The quantitative estimate of drug-likeness (QED) is 0.882. The molecule has 1 fully saturated rings. The Bertz CT molecular complexity index is 828. The number of halogens is 3. The molecule has 2 heterocycles. The third kappa shape index (κ3) is 3.63. The van der Waals surface area contributed by atoms with Crippen molar-refractivity contribution < 1.29 is 21.6 Å². The van der Waals surface area contributed by atoms with Gasteiger partial charge in [0.15, 0.2) is 9.84 Å². The van der Waals surface area contributed by atoms with Crippen LogP contribution >= 0.6 is 0 Å². The van der Waals surface area contributed by atoms with Crippen molar-refractivity contribution >= 4 is 26.7 Å². The van der Waals surface area contributed by atoms with E-state index in [1.807, 2.05) is 18.0 Å². The molecule has 132 valence electrons. The predicted octanol–water partition coefficient (Wildman–Crippen LogP) is 2.15. The molecule has 10 heteroatoms. The van der Waals surface area contributed by atoms with Gasteiger partial charge in [-0.1, -0.05) is 0 Å². The number of aromatic nitrogens is 3. The van der Waals surface area contributed by atoms with Crippen LogP contribution in [0, 0.1) is 5.92 Å². The smallest absolute Gasteiger partial charge is 0.356 e. The summed E-state index contributed by atoms with van der Waals surface area (Å²) >= 11 is 0. The van der Waals surface area contributed by atoms with Gasteiger partial charge >= 0.3 is 6.18 Å². The van der Waals surface area contributed by atoms with Gasteiger partial charge in [-0.15, -0.1) is 0 Å². The fraction of sp³-hybridized carbons (Fsp3) is 0.571. The first-order chi connectivity index (χ1) is 11.1. The van der Waals surface area contributed by atoms with E-state index in [0.717, 1.165) is 11.2 Å². The summed E-state index contributed by atoms with van der Waals surface area (Å²) in [6.45, 7) is 0. The lowest BCUT2D eigenvalue weighted by Gasteiger charge is -2.41. The molecule has 24 heavy (non-hydrogen) atoms. The van der Waals surface area contributed by atoms with Gasteiger partial charge in [-0.2, -0.15) is 13.2 Å². The molecule has 0 atom stereocenters. The van der Waals surface area contributed by atoms with Crippen molar-refractivity contribution in [1.29, 1.82) is 0 Å².